The maximum absolute atomic E-state index is 14.0. The number of hydrogen-bond donors (Lipinski definition) is 0. The van der Waals surface area contributed by atoms with Gasteiger partial charge in [0, 0.05) is 11.6 Å². The van der Waals surface area contributed by atoms with Crippen molar-refractivity contribution >= 4 is 11.6 Å². The van der Waals surface area contributed by atoms with Gasteiger partial charge in [0.15, 0.2) is 12.4 Å². The Morgan fingerprint density at radius 2 is 1.89 bits per heavy atom. The molecule has 1 aliphatic carbocycles. The van der Waals surface area contributed by atoms with Crippen LogP contribution in [0.3, 0.4) is 0 Å². The maximum atomic E-state index is 14.0. The molecule has 38 heavy (non-hydrogen) atoms. The van der Waals surface area contributed by atoms with E-state index in [0.29, 0.717) is 29.0 Å². The molecule has 1 saturated carbocycles. The summed E-state index contributed by atoms with van der Waals surface area (Å²) in [6.45, 7) is 13.6. The first-order valence-corrected chi connectivity index (χ1v) is 13.4. The standard InChI is InChI=1S/C30H34F3N3O2/c1-20(2)29(28(37)36-18-23-15-24(30(31,32)33)7-8-27(23)38-19-36)12-9-26(17-29)35-13-10-21(11-14-35)22-5-4-6-25(16-22)34-3/h4-8,15-16,20-21,26H,9-14,17-19H2,1-2H3/t26-,29+/m1/s1. The number of piperidine rings is 1. The number of hydrogen-bond acceptors (Lipinski definition) is 3. The quantitative estimate of drug-likeness (QED) is 0.403. The van der Waals surface area contributed by atoms with Gasteiger partial charge in [0.05, 0.1) is 24.1 Å². The molecule has 1 amide bonds. The number of amides is 1. The second kappa shape index (κ2) is 10.3. The minimum absolute atomic E-state index is 0.0103. The number of carbonyl (C=O) groups is 1. The molecule has 8 heteroatoms. The first-order chi connectivity index (χ1) is 18.1. The van der Waals surface area contributed by atoms with Crippen LogP contribution in [-0.2, 0) is 17.5 Å². The Morgan fingerprint density at radius 3 is 2.58 bits per heavy atom. The Kier molecular flexibility index (Phi) is 7.17. The summed E-state index contributed by atoms with van der Waals surface area (Å²) in [5.74, 6) is 0.952. The van der Waals surface area contributed by atoms with E-state index in [1.807, 2.05) is 18.2 Å². The van der Waals surface area contributed by atoms with E-state index in [-0.39, 0.29) is 25.1 Å². The highest BCUT2D eigenvalue weighted by Gasteiger charge is 2.51. The first kappa shape index (κ1) is 26.6. The molecule has 202 valence electrons. The molecule has 0 unspecified atom stereocenters. The molecule has 5 nitrogen and oxygen atoms in total. The highest BCUT2D eigenvalue weighted by molar-refractivity contribution is 5.83. The van der Waals surface area contributed by atoms with Crippen molar-refractivity contribution in [2.75, 3.05) is 19.8 Å². The molecule has 0 N–H and O–H groups in total. The van der Waals surface area contributed by atoms with Crippen LogP contribution in [0.5, 0.6) is 5.75 Å². The zero-order chi connectivity index (χ0) is 27.1. The van der Waals surface area contributed by atoms with E-state index in [0.717, 1.165) is 57.3 Å². The maximum Gasteiger partial charge on any atom is 0.416 e. The fourth-order valence-corrected chi connectivity index (χ4v) is 6.64. The highest BCUT2D eigenvalue weighted by atomic mass is 19.4. The summed E-state index contributed by atoms with van der Waals surface area (Å²) in [5.41, 5.74) is 1.04. The Labute approximate surface area is 222 Å². The molecule has 3 aliphatic rings. The van der Waals surface area contributed by atoms with Gasteiger partial charge in [-0.1, -0.05) is 43.7 Å². The smallest absolute Gasteiger partial charge is 0.416 e. The molecule has 0 radical (unpaired) electrons. The predicted octanol–water partition coefficient (Wildman–Crippen LogP) is 7.01. The summed E-state index contributed by atoms with van der Waals surface area (Å²) in [4.78, 5) is 21.6. The average molecular weight is 526 g/mol. The summed E-state index contributed by atoms with van der Waals surface area (Å²) < 4.78 is 45.5. The van der Waals surface area contributed by atoms with Gasteiger partial charge < -0.3 is 14.5 Å². The molecule has 2 fully saturated rings. The average Bonchev–Trinajstić information content (AvgIpc) is 3.39. The lowest BCUT2D eigenvalue weighted by Crippen LogP contribution is -2.49. The van der Waals surface area contributed by atoms with E-state index >= 15 is 0 Å². The van der Waals surface area contributed by atoms with Crippen LogP contribution in [-0.4, -0.2) is 41.6 Å². The number of halogens is 3. The van der Waals surface area contributed by atoms with Crippen molar-refractivity contribution in [2.45, 2.75) is 70.6 Å². The van der Waals surface area contributed by atoms with Crippen molar-refractivity contribution in [1.29, 1.82) is 0 Å². The van der Waals surface area contributed by atoms with Gasteiger partial charge in [-0.05, 0) is 75.2 Å². The van der Waals surface area contributed by atoms with Crippen LogP contribution in [0.4, 0.5) is 18.9 Å². The van der Waals surface area contributed by atoms with Crippen LogP contribution >= 0.6 is 0 Å². The number of likely N-dealkylation sites (tertiary alicyclic amines) is 1. The lowest BCUT2D eigenvalue weighted by Gasteiger charge is -2.41. The zero-order valence-electron chi connectivity index (χ0n) is 21.9. The third-order valence-corrected chi connectivity index (χ3v) is 8.98. The number of alkyl halides is 3. The molecule has 1 saturated heterocycles. The fraction of sp³-hybridized carbons (Fsp3) is 0.533. The highest BCUT2D eigenvalue weighted by Crippen LogP contribution is 2.49. The number of carbonyl (C=O) groups excluding carboxylic acids is 1. The molecular weight excluding hydrogens is 491 g/mol. The lowest BCUT2D eigenvalue weighted by atomic mass is 9.74. The van der Waals surface area contributed by atoms with Crippen LogP contribution in [0.1, 0.15) is 68.6 Å². The van der Waals surface area contributed by atoms with Crippen molar-refractivity contribution in [3.05, 3.63) is 70.6 Å². The van der Waals surface area contributed by atoms with Crippen molar-refractivity contribution in [3.63, 3.8) is 0 Å². The van der Waals surface area contributed by atoms with Crippen LogP contribution in [0.2, 0.25) is 0 Å². The van der Waals surface area contributed by atoms with Crippen LogP contribution in [0.15, 0.2) is 42.5 Å². The molecule has 0 bridgehead atoms. The van der Waals surface area contributed by atoms with Gasteiger partial charge in [0.1, 0.15) is 5.75 Å². The van der Waals surface area contributed by atoms with Crippen LogP contribution in [0, 0.1) is 17.9 Å². The van der Waals surface area contributed by atoms with E-state index in [4.69, 9.17) is 11.3 Å². The van der Waals surface area contributed by atoms with Gasteiger partial charge in [0.25, 0.3) is 0 Å². The lowest BCUT2D eigenvalue weighted by molar-refractivity contribution is -0.150. The van der Waals surface area contributed by atoms with E-state index in [9.17, 15) is 18.0 Å². The fourth-order valence-electron chi connectivity index (χ4n) is 6.64. The summed E-state index contributed by atoms with van der Waals surface area (Å²) in [6, 6.07) is 11.7. The van der Waals surface area contributed by atoms with Crippen LogP contribution < -0.4 is 4.74 Å². The van der Waals surface area contributed by atoms with Crippen LogP contribution in [0.25, 0.3) is 4.85 Å². The van der Waals surface area contributed by atoms with E-state index in [1.165, 1.54) is 11.6 Å². The predicted molar refractivity (Wildman–Crippen MR) is 139 cm³/mol. The second-order valence-corrected chi connectivity index (χ2v) is 11.3. The molecule has 2 aromatic carbocycles. The Hall–Kier alpha value is -3.05. The van der Waals surface area contributed by atoms with Gasteiger partial charge in [-0.3, -0.25) is 4.79 Å². The third-order valence-electron chi connectivity index (χ3n) is 8.98. The molecule has 2 atom stereocenters. The summed E-state index contributed by atoms with van der Waals surface area (Å²) >= 11 is 0. The van der Waals surface area contributed by atoms with E-state index < -0.39 is 17.2 Å². The Morgan fingerprint density at radius 1 is 1.13 bits per heavy atom. The zero-order valence-corrected chi connectivity index (χ0v) is 21.9. The molecular formula is C30H34F3N3O2. The summed E-state index contributed by atoms with van der Waals surface area (Å²) in [5, 5.41) is 0. The van der Waals surface area contributed by atoms with Gasteiger partial charge in [-0.25, -0.2) is 4.85 Å². The Balaban J connectivity index is 1.26. The van der Waals surface area contributed by atoms with Crippen molar-refractivity contribution in [1.82, 2.24) is 9.80 Å². The van der Waals surface area contributed by atoms with Crippen molar-refractivity contribution in [2.24, 2.45) is 11.3 Å². The number of benzene rings is 2. The van der Waals surface area contributed by atoms with Gasteiger partial charge in [0.2, 0.25) is 5.91 Å². The summed E-state index contributed by atoms with van der Waals surface area (Å²) in [6.07, 6.45) is 0.0792. The van der Waals surface area contributed by atoms with E-state index in [1.54, 1.807) is 4.90 Å². The first-order valence-electron chi connectivity index (χ1n) is 13.4. The van der Waals surface area contributed by atoms with Crippen molar-refractivity contribution < 1.29 is 22.7 Å². The number of rotatable bonds is 4. The van der Waals surface area contributed by atoms with Crippen molar-refractivity contribution in [3.8, 4) is 5.75 Å². The third kappa shape index (κ3) is 5.01. The van der Waals surface area contributed by atoms with Gasteiger partial charge >= 0.3 is 6.18 Å². The molecule has 0 spiro atoms. The minimum Gasteiger partial charge on any atom is -0.473 e. The monoisotopic (exact) mass is 525 g/mol. The van der Waals surface area contributed by atoms with Gasteiger partial charge in [-0.15, -0.1) is 0 Å². The molecule has 2 heterocycles. The second-order valence-electron chi connectivity index (χ2n) is 11.3. The molecule has 5 rings (SSSR count). The number of nitrogens with zero attached hydrogens (tertiary/aromatic N) is 3. The molecule has 0 aromatic heterocycles. The van der Waals surface area contributed by atoms with E-state index in [2.05, 4.69) is 29.7 Å². The Bertz CT molecular complexity index is 1230. The summed E-state index contributed by atoms with van der Waals surface area (Å²) in [7, 11) is 0. The number of ether oxygens (including phenoxy) is 1. The molecule has 2 aliphatic heterocycles. The topological polar surface area (TPSA) is 37.1 Å². The largest absolute Gasteiger partial charge is 0.473 e. The molecule has 2 aromatic rings. The van der Waals surface area contributed by atoms with Gasteiger partial charge in [-0.2, -0.15) is 13.2 Å². The normalized spacial score (nSPS) is 24.7. The minimum atomic E-state index is -4.44. The SMILES string of the molecule is [C-]#[N+]c1cccc(C2CCN([C@@H]3CC[C@@](C(=O)N4COc5ccc(C(F)(F)F)cc5C4)(C(C)C)C3)CC2)c1. The number of fused-ring (bicyclic) bond motifs is 1.